The third-order valence-corrected chi connectivity index (χ3v) is 6.24. The summed E-state index contributed by atoms with van der Waals surface area (Å²) in [6.07, 6.45) is 1.10. The number of thioether (sulfide) groups is 1. The van der Waals surface area contributed by atoms with Gasteiger partial charge in [0.25, 0.3) is 0 Å². The second-order valence-electron chi connectivity index (χ2n) is 7.41. The second-order valence-corrected chi connectivity index (χ2v) is 8.36. The van der Waals surface area contributed by atoms with E-state index in [4.69, 9.17) is 0 Å². The number of hydrogen-bond donors (Lipinski definition) is 1. The normalized spacial score (nSPS) is 18.1. The van der Waals surface area contributed by atoms with Crippen molar-refractivity contribution >= 4 is 23.4 Å². The quantitative estimate of drug-likeness (QED) is 0.630. The van der Waals surface area contributed by atoms with Crippen LogP contribution in [0.4, 0.5) is 5.69 Å². The fourth-order valence-corrected chi connectivity index (χ4v) is 4.23. The molecule has 1 heterocycles. The van der Waals surface area contributed by atoms with E-state index in [0.29, 0.717) is 17.6 Å². The van der Waals surface area contributed by atoms with Crippen molar-refractivity contribution in [2.45, 2.75) is 37.3 Å². The Kier molecular flexibility index (Phi) is 5.22. The van der Waals surface area contributed by atoms with E-state index in [1.54, 1.807) is 0 Å². The summed E-state index contributed by atoms with van der Waals surface area (Å²) in [7, 11) is 1.99. The van der Waals surface area contributed by atoms with Gasteiger partial charge in [0.1, 0.15) is 5.82 Å². The Balaban J connectivity index is 1.36. The Morgan fingerprint density at radius 2 is 1.93 bits per heavy atom. The number of aryl methyl sites for hydroxylation is 2. The van der Waals surface area contributed by atoms with E-state index >= 15 is 0 Å². The first kappa shape index (κ1) is 18.7. The number of carbonyl (C=O) groups is 1. The molecule has 1 amide bonds. The molecule has 0 saturated heterocycles. The standard InChI is InChI=1S/C22H24N4OS/c1-14-9-10-15(2)19(11-14)23-20(27)13-28-22-25-24-21(26(22)3)18-12-17(18)16-7-5-4-6-8-16/h4-11,17-18H,12-13H2,1-3H3,(H,23,27). The fraction of sp³-hybridized carbons (Fsp3) is 0.318. The molecule has 2 unspecified atom stereocenters. The van der Waals surface area contributed by atoms with E-state index in [1.165, 1.54) is 17.3 Å². The molecule has 1 aliphatic carbocycles. The Hall–Kier alpha value is -2.60. The van der Waals surface area contributed by atoms with Crippen LogP contribution in [0.3, 0.4) is 0 Å². The Labute approximate surface area is 169 Å². The summed E-state index contributed by atoms with van der Waals surface area (Å²) in [5.41, 5.74) is 4.42. The minimum absolute atomic E-state index is 0.0307. The van der Waals surface area contributed by atoms with Crippen molar-refractivity contribution in [1.29, 1.82) is 0 Å². The van der Waals surface area contributed by atoms with Crippen LogP contribution in [-0.2, 0) is 11.8 Å². The SMILES string of the molecule is Cc1ccc(C)c(NC(=O)CSc2nnc(C3CC3c3ccccc3)n2C)c1. The number of aromatic nitrogens is 3. The van der Waals surface area contributed by atoms with Crippen LogP contribution in [0.5, 0.6) is 0 Å². The molecule has 28 heavy (non-hydrogen) atoms. The van der Waals surface area contributed by atoms with Crippen LogP contribution in [-0.4, -0.2) is 26.4 Å². The number of carbonyl (C=O) groups excluding carboxylic acids is 1. The molecule has 4 rings (SSSR count). The molecular formula is C22H24N4OS. The van der Waals surface area contributed by atoms with Gasteiger partial charge >= 0.3 is 0 Å². The number of nitrogens with zero attached hydrogens (tertiary/aromatic N) is 3. The van der Waals surface area contributed by atoms with Gasteiger partial charge in [-0.05, 0) is 48.9 Å². The van der Waals surface area contributed by atoms with Crippen molar-refractivity contribution in [3.63, 3.8) is 0 Å². The molecule has 3 aromatic rings. The van der Waals surface area contributed by atoms with E-state index in [9.17, 15) is 4.79 Å². The molecule has 1 fully saturated rings. The summed E-state index contributed by atoms with van der Waals surface area (Å²) in [6, 6.07) is 16.6. The zero-order chi connectivity index (χ0) is 19.7. The molecule has 2 aromatic carbocycles. The molecule has 1 N–H and O–H groups in total. The van der Waals surface area contributed by atoms with Crippen LogP contribution in [0.2, 0.25) is 0 Å². The van der Waals surface area contributed by atoms with Gasteiger partial charge in [-0.3, -0.25) is 4.79 Å². The van der Waals surface area contributed by atoms with E-state index < -0.39 is 0 Å². The average molecular weight is 393 g/mol. The molecule has 0 bridgehead atoms. The number of amides is 1. The van der Waals surface area contributed by atoms with Crippen LogP contribution in [0, 0.1) is 13.8 Å². The summed E-state index contributed by atoms with van der Waals surface area (Å²) in [6.45, 7) is 4.02. The first-order chi connectivity index (χ1) is 13.5. The number of rotatable bonds is 6. The van der Waals surface area contributed by atoms with Crippen LogP contribution >= 0.6 is 11.8 Å². The maximum Gasteiger partial charge on any atom is 0.234 e. The topological polar surface area (TPSA) is 59.8 Å². The van der Waals surface area contributed by atoms with Crippen molar-refractivity contribution in [3.05, 3.63) is 71.0 Å². The molecule has 1 aromatic heterocycles. The van der Waals surface area contributed by atoms with E-state index in [-0.39, 0.29) is 5.91 Å². The highest BCUT2D eigenvalue weighted by Crippen LogP contribution is 2.54. The lowest BCUT2D eigenvalue weighted by molar-refractivity contribution is -0.113. The molecule has 0 radical (unpaired) electrons. The Morgan fingerprint density at radius 3 is 2.71 bits per heavy atom. The molecule has 0 aliphatic heterocycles. The predicted octanol–water partition coefficient (Wildman–Crippen LogP) is 4.43. The first-order valence-corrected chi connectivity index (χ1v) is 10.5. The third-order valence-electron chi connectivity index (χ3n) is 5.22. The van der Waals surface area contributed by atoms with Gasteiger partial charge in [-0.15, -0.1) is 10.2 Å². The van der Waals surface area contributed by atoms with Gasteiger partial charge in [-0.1, -0.05) is 54.2 Å². The lowest BCUT2D eigenvalue weighted by Crippen LogP contribution is -2.15. The zero-order valence-corrected chi connectivity index (χ0v) is 17.2. The Morgan fingerprint density at radius 1 is 1.14 bits per heavy atom. The molecule has 1 aliphatic rings. The van der Waals surface area contributed by atoms with Crippen molar-refractivity contribution in [1.82, 2.24) is 14.8 Å². The van der Waals surface area contributed by atoms with Crippen LogP contribution < -0.4 is 5.32 Å². The van der Waals surface area contributed by atoms with Crippen LogP contribution in [0.15, 0.2) is 53.7 Å². The molecule has 5 nitrogen and oxygen atoms in total. The number of anilines is 1. The highest BCUT2D eigenvalue weighted by Gasteiger charge is 2.42. The van der Waals surface area contributed by atoms with Gasteiger partial charge in [0.05, 0.1) is 5.75 Å². The van der Waals surface area contributed by atoms with E-state index in [2.05, 4.69) is 39.8 Å². The predicted molar refractivity (Wildman–Crippen MR) is 113 cm³/mol. The maximum absolute atomic E-state index is 12.4. The molecule has 144 valence electrons. The molecule has 0 spiro atoms. The van der Waals surface area contributed by atoms with Crippen molar-refractivity contribution in [3.8, 4) is 0 Å². The Bertz CT molecular complexity index is 999. The van der Waals surface area contributed by atoms with E-state index in [1.807, 2.05) is 49.7 Å². The average Bonchev–Trinajstić information content (AvgIpc) is 3.40. The molecule has 1 saturated carbocycles. The summed E-state index contributed by atoms with van der Waals surface area (Å²) in [5, 5.41) is 12.5. The largest absolute Gasteiger partial charge is 0.325 e. The minimum atomic E-state index is -0.0307. The summed E-state index contributed by atoms with van der Waals surface area (Å²) in [5.74, 6) is 2.22. The molecular weight excluding hydrogens is 368 g/mol. The maximum atomic E-state index is 12.4. The third kappa shape index (κ3) is 3.97. The van der Waals surface area contributed by atoms with Crippen molar-refractivity contribution in [2.75, 3.05) is 11.1 Å². The summed E-state index contributed by atoms with van der Waals surface area (Å²) < 4.78 is 2.03. The lowest BCUT2D eigenvalue weighted by atomic mass is 10.1. The zero-order valence-electron chi connectivity index (χ0n) is 16.3. The highest BCUT2D eigenvalue weighted by molar-refractivity contribution is 7.99. The lowest BCUT2D eigenvalue weighted by Gasteiger charge is -2.09. The fourth-order valence-electron chi connectivity index (χ4n) is 3.51. The number of nitrogens with one attached hydrogen (secondary N) is 1. The van der Waals surface area contributed by atoms with Gasteiger partial charge in [-0.25, -0.2) is 0 Å². The van der Waals surface area contributed by atoms with Crippen LogP contribution in [0.25, 0.3) is 0 Å². The van der Waals surface area contributed by atoms with Gasteiger partial charge in [0.2, 0.25) is 5.91 Å². The molecule has 6 heteroatoms. The van der Waals surface area contributed by atoms with Gasteiger partial charge in [0, 0.05) is 18.7 Å². The smallest absolute Gasteiger partial charge is 0.234 e. The van der Waals surface area contributed by atoms with E-state index in [0.717, 1.165) is 34.2 Å². The minimum Gasteiger partial charge on any atom is -0.325 e. The van der Waals surface area contributed by atoms with Crippen molar-refractivity contribution in [2.24, 2.45) is 7.05 Å². The monoisotopic (exact) mass is 392 g/mol. The van der Waals surface area contributed by atoms with Gasteiger partial charge in [-0.2, -0.15) is 0 Å². The summed E-state index contributed by atoms with van der Waals surface area (Å²) >= 11 is 1.42. The second kappa shape index (κ2) is 7.80. The van der Waals surface area contributed by atoms with Gasteiger partial charge in [0.15, 0.2) is 5.16 Å². The van der Waals surface area contributed by atoms with Crippen molar-refractivity contribution < 1.29 is 4.79 Å². The number of hydrogen-bond acceptors (Lipinski definition) is 4. The first-order valence-electron chi connectivity index (χ1n) is 9.47. The van der Waals surface area contributed by atoms with Crippen LogP contribution in [0.1, 0.15) is 40.8 Å². The summed E-state index contributed by atoms with van der Waals surface area (Å²) in [4.78, 5) is 12.4. The molecule has 2 atom stereocenters. The van der Waals surface area contributed by atoms with Gasteiger partial charge < -0.3 is 9.88 Å². The highest BCUT2D eigenvalue weighted by atomic mass is 32.2. The number of benzene rings is 2.